The minimum absolute atomic E-state index is 0.296. The quantitative estimate of drug-likeness (QED) is 0.227. The molecule has 0 aliphatic heterocycles. The van der Waals surface area contributed by atoms with E-state index < -0.39 is 0 Å². The number of allylic oxidation sites excluding steroid dienone is 1. The third-order valence-electron chi connectivity index (χ3n) is 5.97. The molecule has 0 unspecified atom stereocenters. The Morgan fingerprint density at radius 2 is 1.92 bits per heavy atom. The maximum Gasteiger partial charge on any atom is 0.160 e. The van der Waals surface area contributed by atoms with Gasteiger partial charge in [-0.05, 0) is 49.1 Å². The Morgan fingerprint density at radius 3 is 2.58 bits per heavy atom. The number of aryl methyl sites for hydroxylation is 3. The number of fused-ring (bicyclic) bond motifs is 1. The first-order chi connectivity index (χ1) is 17.2. The Kier molecular flexibility index (Phi) is 7.56. The van der Waals surface area contributed by atoms with Gasteiger partial charge in [0.1, 0.15) is 11.0 Å². The minimum Gasteiger partial charge on any atom is -0.357 e. The molecule has 7 nitrogen and oxygen atoms in total. The summed E-state index contributed by atoms with van der Waals surface area (Å²) in [6, 6.07) is 18.2. The highest BCUT2D eigenvalue weighted by Gasteiger charge is 2.20. The molecule has 0 saturated heterocycles. The van der Waals surface area contributed by atoms with Gasteiger partial charge in [0.25, 0.3) is 0 Å². The van der Waals surface area contributed by atoms with Gasteiger partial charge in [0.2, 0.25) is 0 Å². The van der Waals surface area contributed by atoms with Crippen molar-refractivity contribution in [2.45, 2.75) is 40.2 Å². The van der Waals surface area contributed by atoms with Crippen LogP contribution in [0.15, 0.2) is 60.3 Å². The summed E-state index contributed by atoms with van der Waals surface area (Å²) in [7, 11) is 1.93. The summed E-state index contributed by atoms with van der Waals surface area (Å²) in [6.45, 7) is 9.34. The maximum atomic E-state index is 9.54. The molecule has 4 rings (SSSR count). The van der Waals surface area contributed by atoms with E-state index >= 15 is 0 Å². The molecule has 0 spiro atoms. The van der Waals surface area contributed by atoms with Gasteiger partial charge < -0.3 is 10.2 Å². The van der Waals surface area contributed by atoms with Crippen LogP contribution in [0.2, 0.25) is 5.15 Å². The number of hydrogen-bond donors (Lipinski definition) is 1. The molecule has 0 amide bonds. The fourth-order valence-electron chi connectivity index (χ4n) is 4.39. The molecule has 36 heavy (non-hydrogen) atoms. The molecule has 0 aliphatic rings. The van der Waals surface area contributed by atoms with E-state index in [0.717, 1.165) is 45.2 Å². The van der Waals surface area contributed by atoms with Crippen LogP contribution in [0.4, 0.5) is 11.5 Å². The fraction of sp³-hybridized carbons (Fsp3) is 0.286. The second-order valence-corrected chi connectivity index (χ2v) is 9.60. The van der Waals surface area contributed by atoms with Gasteiger partial charge >= 0.3 is 0 Å². The predicted octanol–water partition coefficient (Wildman–Crippen LogP) is 6.28. The van der Waals surface area contributed by atoms with Crippen molar-refractivity contribution in [1.82, 2.24) is 19.7 Å². The van der Waals surface area contributed by atoms with Gasteiger partial charge in [-0.1, -0.05) is 55.8 Å². The van der Waals surface area contributed by atoms with Crippen LogP contribution in [0.1, 0.15) is 42.3 Å². The second kappa shape index (κ2) is 10.8. The van der Waals surface area contributed by atoms with Crippen molar-refractivity contribution in [2.24, 2.45) is 7.05 Å². The number of nitrogens with one attached hydrogen (secondary N) is 1. The van der Waals surface area contributed by atoms with Crippen LogP contribution in [0.5, 0.6) is 0 Å². The van der Waals surface area contributed by atoms with Crippen molar-refractivity contribution in [3.8, 4) is 6.07 Å². The van der Waals surface area contributed by atoms with E-state index in [0.29, 0.717) is 24.2 Å². The Morgan fingerprint density at radius 1 is 1.17 bits per heavy atom. The number of nitrogens with zero attached hydrogens (tertiary/aromatic N) is 6. The van der Waals surface area contributed by atoms with Crippen molar-refractivity contribution < 1.29 is 0 Å². The number of rotatable bonds is 8. The van der Waals surface area contributed by atoms with E-state index in [2.05, 4.69) is 58.4 Å². The van der Waals surface area contributed by atoms with Crippen LogP contribution in [-0.2, 0) is 13.6 Å². The van der Waals surface area contributed by atoms with Crippen molar-refractivity contribution in [3.63, 3.8) is 0 Å². The molecule has 0 bridgehead atoms. The normalized spacial score (nSPS) is 11.7. The van der Waals surface area contributed by atoms with E-state index in [4.69, 9.17) is 16.6 Å². The predicted molar refractivity (Wildman–Crippen MR) is 146 cm³/mol. The Bertz CT molecular complexity index is 1430. The molecule has 1 aromatic carbocycles. The van der Waals surface area contributed by atoms with Gasteiger partial charge in [0.15, 0.2) is 5.65 Å². The zero-order valence-electron chi connectivity index (χ0n) is 21.2. The number of benzene rings is 1. The van der Waals surface area contributed by atoms with Gasteiger partial charge in [-0.2, -0.15) is 10.4 Å². The lowest BCUT2D eigenvalue weighted by Crippen LogP contribution is -2.28. The molecule has 0 aliphatic carbocycles. The SMILES string of the molecule is Cc1cc(N/C(=C\C#N)CN(Cc2ccccc2)c2cc(C(C)C)c3c(C)nn(C)c3n2)cc(Cl)n1. The lowest BCUT2D eigenvalue weighted by Gasteiger charge is -2.27. The molecule has 184 valence electrons. The first-order valence-corrected chi connectivity index (χ1v) is 12.3. The number of halogens is 1. The number of nitriles is 1. The third-order valence-corrected chi connectivity index (χ3v) is 6.17. The van der Waals surface area contributed by atoms with Crippen molar-refractivity contribution in [1.29, 1.82) is 5.26 Å². The van der Waals surface area contributed by atoms with Crippen LogP contribution in [-0.4, -0.2) is 26.3 Å². The molecule has 3 heterocycles. The lowest BCUT2D eigenvalue weighted by atomic mass is 9.99. The average Bonchev–Trinajstić information content (AvgIpc) is 3.11. The molecular weight excluding hydrogens is 470 g/mol. The highest BCUT2D eigenvalue weighted by Crippen LogP contribution is 2.31. The first kappa shape index (κ1) is 25.2. The summed E-state index contributed by atoms with van der Waals surface area (Å²) >= 11 is 6.17. The number of aromatic nitrogens is 4. The van der Waals surface area contributed by atoms with Crippen LogP contribution >= 0.6 is 11.6 Å². The molecule has 8 heteroatoms. The number of anilines is 2. The van der Waals surface area contributed by atoms with E-state index in [1.807, 2.05) is 49.8 Å². The first-order valence-electron chi connectivity index (χ1n) is 11.9. The molecular formula is C28H30ClN7. The second-order valence-electron chi connectivity index (χ2n) is 9.22. The minimum atomic E-state index is 0.296. The molecule has 4 aromatic rings. The Hall–Kier alpha value is -3.89. The molecule has 3 aromatic heterocycles. The maximum absolute atomic E-state index is 9.54. The third kappa shape index (κ3) is 5.67. The largest absolute Gasteiger partial charge is 0.357 e. The van der Waals surface area contributed by atoms with Gasteiger partial charge in [-0.15, -0.1) is 0 Å². The molecule has 0 saturated carbocycles. The van der Waals surface area contributed by atoms with Crippen molar-refractivity contribution in [2.75, 3.05) is 16.8 Å². The summed E-state index contributed by atoms with van der Waals surface area (Å²) < 4.78 is 1.84. The summed E-state index contributed by atoms with van der Waals surface area (Å²) in [6.07, 6.45) is 1.53. The van der Waals surface area contributed by atoms with Crippen LogP contribution in [0, 0.1) is 25.2 Å². The zero-order chi connectivity index (χ0) is 25.8. The van der Waals surface area contributed by atoms with Gasteiger partial charge in [0.05, 0.1) is 18.3 Å². The van der Waals surface area contributed by atoms with Crippen molar-refractivity contribution >= 4 is 34.1 Å². The topological polar surface area (TPSA) is 82.7 Å². The molecule has 1 N–H and O–H groups in total. The summed E-state index contributed by atoms with van der Waals surface area (Å²) in [5.41, 5.74) is 6.47. The molecule has 0 fully saturated rings. The van der Waals surface area contributed by atoms with E-state index in [1.165, 1.54) is 11.6 Å². The van der Waals surface area contributed by atoms with Crippen LogP contribution < -0.4 is 10.2 Å². The number of hydrogen-bond acceptors (Lipinski definition) is 6. The van der Waals surface area contributed by atoms with Crippen LogP contribution in [0.3, 0.4) is 0 Å². The van der Waals surface area contributed by atoms with E-state index in [9.17, 15) is 5.26 Å². The van der Waals surface area contributed by atoms with Gasteiger partial charge in [-0.3, -0.25) is 4.68 Å². The average molecular weight is 500 g/mol. The lowest BCUT2D eigenvalue weighted by molar-refractivity contribution is 0.768. The Labute approximate surface area is 217 Å². The van der Waals surface area contributed by atoms with Crippen LogP contribution in [0.25, 0.3) is 11.0 Å². The smallest absolute Gasteiger partial charge is 0.160 e. The van der Waals surface area contributed by atoms with Gasteiger partial charge in [0, 0.05) is 42.1 Å². The highest BCUT2D eigenvalue weighted by atomic mass is 35.5. The van der Waals surface area contributed by atoms with E-state index in [1.54, 1.807) is 6.07 Å². The van der Waals surface area contributed by atoms with E-state index in [-0.39, 0.29) is 0 Å². The number of pyridine rings is 2. The monoisotopic (exact) mass is 499 g/mol. The molecule has 0 radical (unpaired) electrons. The van der Waals surface area contributed by atoms with Crippen molar-refractivity contribution in [3.05, 3.63) is 88.0 Å². The fourth-order valence-corrected chi connectivity index (χ4v) is 4.64. The highest BCUT2D eigenvalue weighted by molar-refractivity contribution is 6.29. The zero-order valence-corrected chi connectivity index (χ0v) is 22.0. The summed E-state index contributed by atoms with van der Waals surface area (Å²) in [5.74, 6) is 1.12. The standard InChI is InChI=1S/C28H30ClN7/c1-18(2)24-15-26(33-28-27(24)20(4)34-35(28)5)36(16-21-9-7-6-8-10-21)17-22(11-12-30)32-23-13-19(3)31-25(29)14-23/h6-11,13-15,18H,16-17H2,1-5H3,(H,31,32)/b22-11-. The summed E-state index contributed by atoms with van der Waals surface area (Å²) in [4.78, 5) is 11.4. The van der Waals surface area contributed by atoms with Gasteiger partial charge in [-0.25, -0.2) is 9.97 Å². The summed E-state index contributed by atoms with van der Waals surface area (Å²) in [5, 5.41) is 19.0. The molecule has 0 atom stereocenters. The Balaban J connectivity index is 1.78.